The number of amides is 3. The third kappa shape index (κ3) is 6.02. The summed E-state index contributed by atoms with van der Waals surface area (Å²) in [7, 11) is 0. The lowest BCUT2D eigenvalue weighted by Gasteiger charge is -2.19. The first-order valence-corrected chi connectivity index (χ1v) is 14.2. The summed E-state index contributed by atoms with van der Waals surface area (Å²) in [4.78, 5) is 57.0. The van der Waals surface area contributed by atoms with Crippen molar-refractivity contribution in [3.63, 3.8) is 0 Å². The van der Waals surface area contributed by atoms with Crippen LogP contribution >= 0.6 is 0 Å². The molecule has 4 aromatic rings. The minimum atomic E-state index is -0.938. The zero-order chi connectivity index (χ0) is 31.0. The van der Waals surface area contributed by atoms with Crippen LogP contribution in [0, 0.1) is 13.8 Å². The molecule has 2 aliphatic rings. The van der Waals surface area contributed by atoms with Crippen molar-refractivity contribution < 1.29 is 33.8 Å². The molecule has 2 aliphatic carbocycles. The van der Waals surface area contributed by atoms with E-state index >= 15 is 0 Å². The number of nitrogens with one attached hydrogen (secondary N) is 2. The average Bonchev–Trinajstić information content (AvgIpc) is 3.95. The number of ether oxygens (including phenoxy) is 2. The Labute approximate surface area is 251 Å². The quantitative estimate of drug-likeness (QED) is 0.187. The zero-order valence-corrected chi connectivity index (χ0v) is 24.1. The van der Waals surface area contributed by atoms with Gasteiger partial charge in [0.05, 0.1) is 11.1 Å². The molecule has 226 valence electrons. The van der Waals surface area contributed by atoms with Crippen molar-refractivity contribution in [1.29, 1.82) is 0 Å². The average molecular weight is 599 g/mol. The molecule has 3 N–H and O–H groups in total. The Bertz CT molecular complexity index is 1780. The summed E-state index contributed by atoms with van der Waals surface area (Å²) < 4.78 is 11.7. The SMILES string of the molecule is Cc1ccc(C(=O)NC2CC2)cc1Nc1ncnn2cc(C(=O)N(C(=O)OCOC(=O)c3ccc(O)cc3)C3CC3)c(C)c12. The molecule has 0 bridgehead atoms. The summed E-state index contributed by atoms with van der Waals surface area (Å²) >= 11 is 0. The van der Waals surface area contributed by atoms with Crippen molar-refractivity contribution in [2.24, 2.45) is 0 Å². The van der Waals surface area contributed by atoms with Crippen LogP contribution in [-0.2, 0) is 9.47 Å². The number of carbonyl (C=O) groups excluding carboxylic acids is 4. The second-order valence-corrected chi connectivity index (χ2v) is 10.9. The molecule has 2 heterocycles. The van der Waals surface area contributed by atoms with Crippen LogP contribution in [-0.4, -0.2) is 67.4 Å². The van der Waals surface area contributed by atoms with Crippen LogP contribution in [0.25, 0.3) is 5.52 Å². The Balaban J connectivity index is 1.19. The monoisotopic (exact) mass is 598 g/mol. The number of phenols is 1. The van der Waals surface area contributed by atoms with Gasteiger partial charge in [0, 0.05) is 29.5 Å². The minimum absolute atomic E-state index is 0.00780. The van der Waals surface area contributed by atoms with Gasteiger partial charge < -0.3 is 25.2 Å². The second-order valence-electron chi connectivity index (χ2n) is 10.9. The van der Waals surface area contributed by atoms with E-state index in [0.717, 1.165) is 23.3 Å². The van der Waals surface area contributed by atoms with Gasteiger partial charge in [-0.15, -0.1) is 0 Å². The smallest absolute Gasteiger partial charge is 0.419 e. The highest BCUT2D eigenvalue weighted by molar-refractivity contribution is 6.06. The number of fused-ring (bicyclic) bond motifs is 1. The van der Waals surface area contributed by atoms with E-state index in [-0.39, 0.29) is 34.9 Å². The van der Waals surface area contributed by atoms with Gasteiger partial charge in [-0.05, 0) is 87.1 Å². The van der Waals surface area contributed by atoms with Crippen molar-refractivity contribution in [2.45, 2.75) is 51.6 Å². The van der Waals surface area contributed by atoms with E-state index in [4.69, 9.17) is 9.47 Å². The van der Waals surface area contributed by atoms with E-state index in [2.05, 4.69) is 20.7 Å². The van der Waals surface area contributed by atoms with Gasteiger partial charge in [0.1, 0.15) is 17.6 Å². The van der Waals surface area contributed by atoms with Crippen LogP contribution in [0.15, 0.2) is 55.0 Å². The summed E-state index contributed by atoms with van der Waals surface area (Å²) in [6, 6.07) is 10.7. The lowest BCUT2D eigenvalue weighted by molar-refractivity contribution is -0.0110. The van der Waals surface area contributed by atoms with Crippen LogP contribution < -0.4 is 10.6 Å². The molecule has 0 unspecified atom stereocenters. The van der Waals surface area contributed by atoms with Crippen molar-refractivity contribution in [3.05, 3.63) is 82.8 Å². The first kappa shape index (κ1) is 28.6. The molecule has 0 spiro atoms. The first-order chi connectivity index (χ1) is 21.2. The number of aryl methyl sites for hydroxylation is 2. The fourth-order valence-corrected chi connectivity index (χ4v) is 4.73. The van der Waals surface area contributed by atoms with E-state index < -0.39 is 24.8 Å². The van der Waals surface area contributed by atoms with E-state index in [0.29, 0.717) is 41.0 Å². The van der Waals surface area contributed by atoms with Gasteiger partial charge in [0.2, 0.25) is 6.79 Å². The zero-order valence-electron chi connectivity index (χ0n) is 24.1. The number of hydrogen-bond acceptors (Lipinski definition) is 10. The molecular weight excluding hydrogens is 568 g/mol. The van der Waals surface area contributed by atoms with Gasteiger partial charge in [-0.2, -0.15) is 5.10 Å². The van der Waals surface area contributed by atoms with Crippen LogP contribution in [0.3, 0.4) is 0 Å². The van der Waals surface area contributed by atoms with E-state index in [1.54, 1.807) is 19.1 Å². The van der Waals surface area contributed by atoms with Gasteiger partial charge in [0.25, 0.3) is 11.8 Å². The number of imide groups is 1. The van der Waals surface area contributed by atoms with E-state index in [9.17, 15) is 24.3 Å². The van der Waals surface area contributed by atoms with Gasteiger partial charge in [0.15, 0.2) is 5.82 Å². The molecule has 13 nitrogen and oxygen atoms in total. The number of nitrogens with zero attached hydrogens (tertiary/aromatic N) is 4. The Kier molecular flexibility index (Phi) is 7.60. The summed E-state index contributed by atoms with van der Waals surface area (Å²) in [6.07, 6.45) is 5.15. The lowest BCUT2D eigenvalue weighted by Crippen LogP contribution is -2.39. The van der Waals surface area contributed by atoms with Crippen molar-refractivity contribution in [1.82, 2.24) is 24.8 Å². The highest BCUT2D eigenvalue weighted by atomic mass is 16.7. The molecule has 0 aliphatic heterocycles. The number of rotatable bonds is 9. The fourth-order valence-electron chi connectivity index (χ4n) is 4.73. The molecule has 2 aromatic heterocycles. The van der Waals surface area contributed by atoms with Crippen molar-refractivity contribution >= 4 is 40.9 Å². The third-order valence-corrected chi connectivity index (χ3v) is 7.53. The predicted octanol–water partition coefficient (Wildman–Crippen LogP) is 4.24. The predicted molar refractivity (Wildman–Crippen MR) is 157 cm³/mol. The summed E-state index contributed by atoms with van der Waals surface area (Å²) in [6.45, 7) is 2.95. The standard InChI is InChI=1S/C31H30N6O7/c1-17-3-4-20(28(39)34-21-7-8-21)13-25(17)35-27-26-18(2)24(14-36(26)33-15-32-27)29(40)37(22-9-10-22)31(42)44-16-43-30(41)19-5-11-23(38)12-6-19/h3-6,11-15,21-22,38H,7-10,16H2,1-2H3,(H,34,39)(H,32,33,35). The number of anilines is 2. The van der Waals surface area contributed by atoms with E-state index in [1.807, 2.05) is 13.0 Å². The third-order valence-electron chi connectivity index (χ3n) is 7.53. The van der Waals surface area contributed by atoms with Crippen molar-refractivity contribution in [3.8, 4) is 5.75 Å². The molecular formula is C31H30N6O7. The molecule has 3 amide bonds. The highest BCUT2D eigenvalue weighted by Crippen LogP contribution is 2.32. The maximum Gasteiger partial charge on any atom is 0.419 e. The van der Waals surface area contributed by atoms with Gasteiger partial charge in [-0.25, -0.2) is 24.0 Å². The molecule has 44 heavy (non-hydrogen) atoms. The highest BCUT2D eigenvalue weighted by Gasteiger charge is 2.40. The number of esters is 1. The second kappa shape index (κ2) is 11.7. The topological polar surface area (TPSA) is 164 Å². The Morgan fingerprint density at radius 3 is 2.43 bits per heavy atom. The van der Waals surface area contributed by atoms with E-state index in [1.165, 1.54) is 41.3 Å². The Hall–Kier alpha value is -5.46. The number of phenolic OH excluding ortho intramolecular Hbond substituents is 1. The van der Waals surface area contributed by atoms with Gasteiger partial charge in [-0.3, -0.25) is 9.59 Å². The number of aromatic hydroxyl groups is 1. The number of benzene rings is 2. The van der Waals surface area contributed by atoms with Crippen molar-refractivity contribution in [2.75, 3.05) is 12.1 Å². The fraction of sp³-hybridized carbons (Fsp3) is 0.290. The first-order valence-electron chi connectivity index (χ1n) is 14.2. The molecule has 2 aromatic carbocycles. The molecule has 0 atom stereocenters. The molecule has 2 fully saturated rings. The number of hydrogen-bond donors (Lipinski definition) is 3. The molecule has 0 saturated heterocycles. The van der Waals surface area contributed by atoms with Gasteiger partial charge in [-0.1, -0.05) is 6.07 Å². The normalized spacial score (nSPS) is 14.1. The molecule has 13 heteroatoms. The van der Waals surface area contributed by atoms with Crippen LogP contribution in [0.1, 0.15) is 67.9 Å². The minimum Gasteiger partial charge on any atom is -0.508 e. The van der Waals surface area contributed by atoms with Crippen LogP contribution in [0.2, 0.25) is 0 Å². The molecule has 2 saturated carbocycles. The summed E-state index contributed by atoms with van der Waals surface area (Å²) in [5.74, 6) is -1.06. The molecule has 0 radical (unpaired) electrons. The summed E-state index contributed by atoms with van der Waals surface area (Å²) in [5.41, 5.74) is 3.54. The summed E-state index contributed by atoms with van der Waals surface area (Å²) in [5, 5.41) is 19.9. The maximum atomic E-state index is 13.7. The lowest BCUT2D eigenvalue weighted by atomic mass is 10.1. The number of carbonyl (C=O) groups is 4. The van der Waals surface area contributed by atoms with Crippen LogP contribution in [0.4, 0.5) is 16.3 Å². The van der Waals surface area contributed by atoms with Gasteiger partial charge >= 0.3 is 12.1 Å². The Morgan fingerprint density at radius 2 is 1.73 bits per heavy atom. The Morgan fingerprint density at radius 1 is 1.00 bits per heavy atom. The van der Waals surface area contributed by atoms with Crippen LogP contribution in [0.5, 0.6) is 5.75 Å². The number of aromatic nitrogens is 3. The maximum absolute atomic E-state index is 13.7. The largest absolute Gasteiger partial charge is 0.508 e. The molecule has 6 rings (SSSR count).